The van der Waals surface area contributed by atoms with Crippen LogP contribution in [0.15, 0.2) is 4.90 Å². The van der Waals surface area contributed by atoms with Gasteiger partial charge < -0.3 is 0 Å². The van der Waals surface area contributed by atoms with Crippen LogP contribution < -0.4 is 0 Å². The molecule has 84 valence electrons. The SMILES string of the molecule is Fc1c(F)c(F)c(C(F)F)c(SCl)c1F. The molecule has 1 aromatic carbocycles. The minimum atomic E-state index is -3.49. The average Bonchev–Trinajstić information content (AvgIpc) is 2.19. The maximum Gasteiger partial charge on any atom is 0.268 e. The predicted molar refractivity (Wildman–Crippen MR) is 42.9 cm³/mol. The van der Waals surface area contributed by atoms with Crippen molar-refractivity contribution >= 4 is 21.7 Å². The van der Waals surface area contributed by atoms with E-state index in [-0.39, 0.29) is 11.0 Å². The van der Waals surface area contributed by atoms with Crippen molar-refractivity contribution in [2.75, 3.05) is 0 Å². The summed E-state index contributed by atoms with van der Waals surface area (Å²) >= 11 is 0. The lowest BCUT2D eigenvalue weighted by molar-refractivity contribution is 0.139. The van der Waals surface area contributed by atoms with Crippen LogP contribution in [0.4, 0.5) is 26.3 Å². The Hall–Kier alpha value is -0.560. The van der Waals surface area contributed by atoms with E-state index in [9.17, 15) is 26.3 Å². The molecule has 0 atom stereocenters. The Morgan fingerprint density at radius 1 is 0.867 bits per heavy atom. The number of benzene rings is 1. The largest absolute Gasteiger partial charge is 0.268 e. The molecule has 0 nitrogen and oxygen atoms in total. The van der Waals surface area contributed by atoms with Crippen LogP contribution in [-0.2, 0) is 0 Å². The van der Waals surface area contributed by atoms with Gasteiger partial charge in [-0.1, -0.05) is 0 Å². The minimum Gasteiger partial charge on any atom is -0.205 e. The summed E-state index contributed by atoms with van der Waals surface area (Å²) in [5.41, 5.74) is -1.58. The van der Waals surface area contributed by atoms with Crippen LogP contribution >= 0.6 is 21.7 Å². The summed E-state index contributed by atoms with van der Waals surface area (Å²) in [7, 11) is 4.82. The highest BCUT2D eigenvalue weighted by Crippen LogP contribution is 2.38. The number of hydrogen-bond donors (Lipinski definition) is 0. The third kappa shape index (κ3) is 2.03. The topological polar surface area (TPSA) is 0 Å². The molecule has 15 heavy (non-hydrogen) atoms. The Balaban J connectivity index is 3.62. The first-order valence-electron chi connectivity index (χ1n) is 3.34. The smallest absolute Gasteiger partial charge is 0.205 e. The average molecular weight is 267 g/mol. The summed E-state index contributed by atoms with van der Waals surface area (Å²) < 4.78 is 75.2. The fourth-order valence-corrected chi connectivity index (χ4v) is 1.77. The van der Waals surface area contributed by atoms with Crippen molar-refractivity contribution < 1.29 is 26.3 Å². The minimum absolute atomic E-state index is 0.142. The summed E-state index contributed by atoms with van der Waals surface area (Å²) in [6, 6.07) is 0. The first kappa shape index (κ1) is 12.5. The molecule has 0 saturated carbocycles. The van der Waals surface area contributed by atoms with Gasteiger partial charge in [0.15, 0.2) is 23.3 Å². The molecule has 0 fully saturated rings. The van der Waals surface area contributed by atoms with Gasteiger partial charge in [0.1, 0.15) is 0 Å². The summed E-state index contributed by atoms with van der Waals surface area (Å²) in [5.74, 6) is -8.51. The third-order valence-corrected chi connectivity index (χ3v) is 2.57. The molecule has 8 heteroatoms. The highest BCUT2D eigenvalue weighted by atomic mass is 35.7. The predicted octanol–water partition coefficient (Wildman–Crippen LogP) is 4.43. The van der Waals surface area contributed by atoms with Crippen LogP contribution in [-0.4, -0.2) is 0 Å². The van der Waals surface area contributed by atoms with Gasteiger partial charge in [0, 0.05) is 0 Å². The Bertz CT molecular complexity index is 394. The van der Waals surface area contributed by atoms with Gasteiger partial charge >= 0.3 is 0 Å². The summed E-state index contributed by atoms with van der Waals surface area (Å²) in [4.78, 5) is -1.15. The zero-order valence-electron chi connectivity index (χ0n) is 6.63. The monoisotopic (exact) mass is 266 g/mol. The molecule has 0 aliphatic heterocycles. The lowest BCUT2D eigenvalue weighted by atomic mass is 10.2. The van der Waals surface area contributed by atoms with E-state index in [2.05, 4.69) is 0 Å². The Labute approximate surface area is 88.7 Å². The van der Waals surface area contributed by atoms with Gasteiger partial charge in [-0.3, -0.25) is 0 Å². The van der Waals surface area contributed by atoms with Gasteiger partial charge in [-0.25, -0.2) is 26.3 Å². The second-order valence-electron chi connectivity index (χ2n) is 2.38. The molecule has 1 aromatic rings. The molecule has 0 unspecified atom stereocenters. The molecule has 0 heterocycles. The van der Waals surface area contributed by atoms with Gasteiger partial charge in [0.2, 0.25) is 0 Å². The molecule has 0 amide bonds. The molecule has 0 aromatic heterocycles. The number of rotatable bonds is 2. The lowest BCUT2D eigenvalue weighted by Gasteiger charge is -2.09. The summed E-state index contributed by atoms with van der Waals surface area (Å²) in [6.45, 7) is 0. The van der Waals surface area contributed by atoms with Gasteiger partial charge in [-0.05, 0) is 21.7 Å². The maximum atomic E-state index is 12.8. The van der Waals surface area contributed by atoms with Crippen LogP contribution in [0.3, 0.4) is 0 Å². The molecule has 1 rings (SSSR count). The van der Waals surface area contributed by atoms with Crippen LogP contribution in [0.25, 0.3) is 0 Å². The first-order valence-corrected chi connectivity index (χ1v) is 4.98. The molecule has 0 aliphatic rings. The molecule has 0 saturated heterocycles. The molecule has 0 bridgehead atoms. The standard InChI is InChI=1S/C7HClF6S/c8-15-6-1(7(13)14)2(9)3(10)4(11)5(6)12/h7H. The zero-order chi connectivity index (χ0) is 11.7. The lowest BCUT2D eigenvalue weighted by Crippen LogP contribution is -2.05. The van der Waals surface area contributed by atoms with Gasteiger partial charge in [-0.15, -0.1) is 0 Å². The van der Waals surface area contributed by atoms with Gasteiger partial charge in [0.25, 0.3) is 6.43 Å². The van der Waals surface area contributed by atoms with E-state index in [1.165, 1.54) is 0 Å². The van der Waals surface area contributed by atoms with Crippen LogP contribution in [0.1, 0.15) is 12.0 Å². The third-order valence-electron chi connectivity index (χ3n) is 1.55. The van der Waals surface area contributed by atoms with Gasteiger partial charge in [-0.2, -0.15) is 0 Å². The van der Waals surface area contributed by atoms with Crippen molar-refractivity contribution in [2.24, 2.45) is 0 Å². The molecule has 0 aliphatic carbocycles. The second-order valence-corrected chi connectivity index (χ2v) is 3.40. The van der Waals surface area contributed by atoms with Gasteiger partial charge in [0.05, 0.1) is 10.5 Å². The molecular weight excluding hydrogens is 266 g/mol. The van der Waals surface area contributed by atoms with Crippen molar-refractivity contribution in [1.82, 2.24) is 0 Å². The van der Waals surface area contributed by atoms with E-state index < -0.39 is 40.2 Å². The fourth-order valence-electron chi connectivity index (χ4n) is 0.899. The quantitative estimate of drug-likeness (QED) is 0.434. The van der Waals surface area contributed by atoms with E-state index in [4.69, 9.17) is 10.7 Å². The Morgan fingerprint density at radius 3 is 1.73 bits per heavy atom. The number of halogens is 7. The fraction of sp³-hybridized carbons (Fsp3) is 0.143. The van der Waals surface area contributed by atoms with Crippen LogP contribution in [0, 0.1) is 23.3 Å². The van der Waals surface area contributed by atoms with Crippen LogP contribution in [0.2, 0.25) is 0 Å². The molecule has 0 N–H and O–H groups in total. The van der Waals surface area contributed by atoms with Crippen molar-refractivity contribution in [2.45, 2.75) is 11.3 Å². The van der Waals surface area contributed by atoms with Crippen molar-refractivity contribution in [3.8, 4) is 0 Å². The summed E-state index contributed by atoms with van der Waals surface area (Å²) in [6.07, 6.45) is -3.49. The molecular formula is C7HClF6S. The Kier molecular flexibility index (Phi) is 3.77. The summed E-state index contributed by atoms with van der Waals surface area (Å²) in [5, 5.41) is 0. The highest BCUT2D eigenvalue weighted by Gasteiger charge is 2.30. The van der Waals surface area contributed by atoms with E-state index >= 15 is 0 Å². The van der Waals surface area contributed by atoms with E-state index in [0.717, 1.165) is 0 Å². The second kappa shape index (κ2) is 4.52. The maximum absolute atomic E-state index is 12.8. The van der Waals surface area contributed by atoms with Crippen molar-refractivity contribution in [1.29, 1.82) is 0 Å². The van der Waals surface area contributed by atoms with E-state index in [0.29, 0.717) is 0 Å². The van der Waals surface area contributed by atoms with Crippen molar-refractivity contribution in [3.05, 3.63) is 28.8 Å². The van der Waals surface area contributed by atoms with E-state index in [1.54, 1.807) is 0 Å². The first-order chi connectivity index (χ1) is 6.91. The molecule has 0 spiro atoms. The van der Waals surface area contributed by atoms with Crippen molar-refractivity contribution in [3.63, 3.8) is 0 Å². The normalized spacial score (nSPS) is 11.2. The zero-order valence-corrected chi connectivity index (χ0v) is 8.20. The molecule has 0 radical (unpaired) electrons. The van der Waals surface area contributed by atoms with Crippen LogP contribution in [0.5, 0.6) is 0 Å². The highest BCUT2D eigenvalue weighted by molar-refractivity contribution is 8.21. The van der Waals surface area contributed by atoms with E-state index in [1.807, 2.05) is 0 Å². The Morgan fingerprint density at radius 2 is 1.33 bits per heavy atom. The number of hydrogen-bond acceptors (Lipinski definition) is 1. The number of alkyl halides is 2.